The fourth-order valence-electron chi connectivity index (χ4n) is 3.11. The predicted octanol–water partition coefficient (Wildman–Crippen LogP) is 4.25. The largest absolute Gasteiger partial charge is 0.497 e. The van der Waals surface area contributed by atoms with Crippen molar-refractivity contribution >= 4 is 23.1 Å². The van der Waals surface area contributed by atoms with Crippen LogP contribution in [0.2, 0.25) is 0 Å². The molecule has 0 atom stereocenters. The maximum atomic E-state index is 12.2. The maximum Gasteiger partial charge on any atom is 0.343 e. The van der Waals surface area contributed by atoms with E-state index < -0.39 is 0 Å². The summed E-state index contributed by atoms with van der Waals surface area (Å²) in [6.45, 7) is 0.576. The highest BCUT2D eigenvalue weighted by molar-refractivity contribution is 7.98. The molecular weight excluding hydrogens is 432 g/mol. The molecular formula is C22H22N4O3S2. The van der Waals surface area contributed by atoms with Gasteiger partial charge in [-0.15, -0.1) is 16.4 Å². The number of rotatable bonds is 9. The van der Waals surface area contributed by atoms with Crippen LogP contribution >= 0.6 is 23.1 Å². The van der Waals surface area contributed by atoms with Gasteiger partial charge in [0.1, 0.15) is 16.5 Å². The Balaban J connectivity index is 1.44. The van der Waals surface area contributed by atoms with Gasteiger partial charge in [0, 0.05) is 23.7 Å². The second-order valence-corrected chi connectivity index (χ2v) is 8.50. The van der Waals surface area contributed by atoms with E-state index in [1.54, 1.807) is 30.1 Å². The Morgan fingerprint density at radius 2 is 1.97 bits per heavy atom. The van der Waals surface area contributed by atoms with E-state index in [1.165, 1.54) is 17.3 Å². The molecule has 0 aliphatic carbocycles. The van der Waals surface area contributed by atoms with E-state index in [4.69, 9.17) is 14.5 Å². The molecule has 4 aromatic rings. The van der Waals surface area contributed by atoms with E-state index in [0.717, 1.165) is 34.2 Å². The Labute approximate surface area is 188 Å². The topological polar surface area (TPSA) is 82.0 Å². The van der Waals surface area contributed by atoms with E-state index >= 15 is 0 Å². The number of thiazole rings is 1. The number of benzene rings is 2. The third-order valence-electron chi connectivity index (χ3n) is 4.73. The van der Waals surface area contributed by atoms with Gasteiger partial charge in [0.2, 0.25) is 0 Å². The molecule has 9 heteroatoms. The number of nitrogens with one attached hydrogen (secondary N) is 1. The number of nitrogens with zero attached hydrogens (tertiary/aromatic N) is 3. The van der Waals surface area contributed by atoms with E-state index in [-0.39, 0.29) is 5.69 Å². The number of H-pyrrole nitrogens is 1. The Hall–Kier alpha value is -3.04. The zero-order valence-corrected chi connectivity index (χ0v) is 18.8. The molecule has 2 aromatic heterocycles. The van der Waals surface area contributed by atoms with Crippen LogP contribution in [-0.2, 0) is 18.7 Å². The van der Waals surface area contributed by atoms with Crippen LogP contribution in [0, 0.1) is 0 Å². The molecule has 0 fully saturated rings. The maximum absolute atomic E-state index is 12.2. The Kier molecular flexibility index (Phi) is 6.73. The molecule has 7 nitrogen and oxygen atoms in total. The number of aryl methyl sites for hydroxylation is 1. The van der Waals surface area contributed by atoms with Gasteiger partial charge < -0.3 is 9.47 Å². The van der Waals surface area contributed by atoms with Crippen LogP contribution in [0.3, 0.4) is 0 Å². The first kappa shape index (κ1) is 21.2. The molecule has 4 rings (SSSR count). The number of thioether (sulfide) groups is 1. The molecule has 2 heterocycles. The van der Waals surface area contributed by atoms with Gasteiger partial charge >= 0.3 is 5.69 Å². The fourth-order valence-corrected chi connectivity index (χ4v) is 4.93. The lowest BCUT2D eigenvalue weighted by atomic mass is 10.1. The Bertz CT molecular complexity index is 1200. The van der Waals surface area contributed by atoms with Gasteiger partial charge in [-0.1, -0.05) is 42.1 Å². The molecule has 0 spiro atoms. The van der Waals surface area contributed by atoms with E-state index in [9.17, 15) is 4.79 Å². The van der Waals surface area contributed by atoms with Crippen LogP contribution in [0.5, 0.6) is 11.5 Å². The number of aromatic amines is 1. The van der Waals surface area contributed by atoms with Crippen molar-refractivity contribution in [2.75, 3.05) is 14.2 Å². The fraction of sp³-hybridized carbons (Fsp3) is 0.227. The standard InChI is InChI=1S/C22H22N4O3S2/c1-28-17-8-9-18(19(12-17)29-2)20-23-16(13-30-20)14-31-22-25-24-21(27)26(22)11-10-15-6-4-3-5-7-15/h3-9,12-13H,10-11,14H2,1-2H3,(H,24,27). The van der Waals surface area contributed by atoms with Crippen LogP contribution in [0.1, 0.15) is 11.3 Å². The van der Waals surface area contributed by atoms with Crippen molar-refractivity contribution < 1.29 is 9.47 Å². The molecule has 0 aliphatic rings. The average molecular weight is 455 g/mol. The molecule has 1 N–H and O–H groups in total. The number of methoxy groups -OCH3 is 2. The van der Waals surface area contributed by atoms with Gasteiger partial charge in [-0.2, -0.15) is 0 Å². The van der Waals surface area contributed by atoms with Gasteiger partial charge in [0.05, 0.1) is 25.5 Å². The normalized spacial score (nSPS) is 10.9. The monoisotopic (exact) mass is 454 g/mol. The highest BCUT2D eigenvalue weighted by atomic mass is 32.2. The first-order valence-corrected chi connectivity index (χ1v) is 11.5. The Morgan fingerprint density at radius 1 is 1.13 bits per heavy atom. The van der Waals surface area contributed by atoms with Crippen LogP contribution in [0.15, 0.2) is 63.9 Å². The lowest BCUT2D eigenvalue weighted by Crippen LogP contribution is -2.18. The van der Waals surface area contributed by atoms with E-state index in [2.05, 4.69) is 22.3 Å². The van der Waals surface area contributed by atoms with E-state index in [1.807, 2.05) is 41.8 Å². The van der Waals surface area contributed by atoms with Gasteiger partial charge in [-0.25, -0.2) is 14.9 Å². The predicted molar refractivity (Wildman–Crippen MR) is 123 cm³/mol. The second-order valence-electron chi connectivity index (χ2n) is 6.70. The quantitative estimate of drug-likeness (QED) is 0.381. The van der Waals surface area contributed by atoms with Crippen LogP contribution in [0.25, 0.3) is 10.6 Å². The number of ether oxygens (including phenoxy) is 2. The smallest absolute Gasteiger partial charge is 0.343 e. The summed E-state index contributed by atoms with van der Waals surface area (Å²) in [5.41, 5.74) is 2.83. The molecule has 0 unspecified atom stereocenters. The van der Waals surface area contributed by atoms with Crippen molar-refractivity contribution in [2.45, 2.75) is 23.9 Å². The third kappa shape index (κ3) is 5.00. The first-order chi connectivity index (χ1) is 15.2. The summed E-state index contributed by atoms with van der Waals surface area (Å²) in [5.74, 6) is 2.07. The van der Waals surface area contributed by atoms with E-state index in [0.29, 0.717) is 17.5 Å². The zero-order chi connectivity index (χ0) is 21.6. The van der Waals surface area contributed by atoms with Crippen molar-refractivity contribution in [3.05, 3.63) is 75.7 Å². The molecule has 31 heavy (non-hydrogen) atoms. The Morgan fingerprint density at radius 3 is 2.74 bits per heavy atom. The van der Waals surface area contributed by atoms with Crippen LogP contribution in [-0.4, -0.2) is 34.0 Å². The highest BCUT2D eigenvalue weighted by Gasteiger charge is 2.14. The summed E-state index contributed by atoms with van der Waals surface area (Å²) < 4.78 is 12.4. The minimum absolute atomic E-state index is 0.194. The first-order valence-electron chi connectivity index (χ1n) is 9.66. The lowest BCUT2D eigenvalue weighted by Gasteiger charge is -2.08. The summed E-state index contributed by atoms with van der Waals surface area (Å²) >= 11 is 3.05. The second kappa shape index (κ2) is 9.84. The summed E-state index contributed by atoms with van der Waals surface area (Å²) in [6, 6.07) is 15.8. The summed E-state index contributed by atoms with van der Waals surface area (Å²) in [6.07, 6.45) is 0.770. The van der Waals surface area contributed by atoms with Crippen molar-refractivity contribution in [3.8, 4) is 22.1 Å². The third-order valence-corrected chi connectivity index (χ3v) is 6.66. The molecule has 2 aromatic carbocycles. The van der Waals surface area contributed by atoms with Crippen molar-refractivity contribution in [2.24, 2.45) is 0 Å². The highest BCUT2D eigenvalue weighted by Crippen LogP contribution is 2.35. The molecule has 0 radical (unpaired) electrons. The number of hydrogen-bond donors (Lipinski definition) is 1. The van der Waals surface area contributed by atoms with Crippen molar-refractivity contribution in [1.82, 2.24) is 19.7 Å². The van der Waals surface area contributed by atoms with Gasteiger partial charge in [0.25, 0.3) is 0 Å². The van der Waals surface area contributed by atoms with Crippen molar-refractivity contribution in [1.29, 1.82) is 0 Å². The van der Waals surface area contributed by atoms with Crippen molar-refractivity contribution in [3.63, 3.8) is 0 Å². The molecule has 0 saturated carbocycles. The zero-order valence-electron chi connectivity index (χ0n) is 17.2. The van der Waals surface area contributed by atoms with Gasteiger partial charge in [-0.05, 0) is 24.1 Å². The molecule has 0 saturated heterocycles. The summed E-state index contributed by atoms with van der Waals surface area (Å²) in [5, 5.41) is 10.3. The van der Waals surface area contributed by atoms with Gasteiger partial charge in [-0.3, -0.25) is 4.57 Å². The average Bonchev–Trinajstić information content (AvgIpc) is 3.42. The van der Waals surface area contributed by atoms with Gasteiger partial charge in [0.15, 0.2) is 5.16 Å². The molecule has 0 amide bonds. The summed E-state index contributed by atoms with van der Waals surface area (Å²) in [4.78, 5) is 16.9. The minimum Gasteiger partial charge on any atom is -0.497 e. The minimum atomic E-state index is -0.194. The molecule has 160 valence electrons. The lowest BCUT2D eigenvalue weighted by molar-refractivity contribution is 0.395. The SMILES string of the molecule is COc1ccc(-c2nc(CSc3n[nH]c(=O)n3CCc3ccccc3)cs2)c(OC)c1. The summed E-state index contributed by atoms with van der Waals surface area (Å²) in [7, 11) is 3.26. The number of hydrogen-bond acceptors (Lipinski definition) is 7. The molecule has 0 aliphatic heterocycles. The van der Waals surface area contributed by atoms with Crippen LogP contribution in [0.4, 0.5) is 0 Å². The molecule has 0 bridgehead atoms. The van der Waals surface area contributed by atoms with Crippen LogP contribution < -0.4 is 15.2 Å². The number of aromatic nitrogens is 4.